The molecule has 1 heterocycles. The fourth-order valence-corrected chi connectivity index (χ4v) is 3.68. The zero-order chi connectivity index (χ0) is 21.9. The smallest absolute Gasteiger partial charge is 0.288 e. The number of nitrogens with one attached hydrogen (secondary N) is 1. The van der Waals surface area contributed by atoms with Crippen molar-refractivity contribution in [3.8, 4) is 16.9 Å². The quantitative estimate of drug-likeness (QED) is 0.307. The molecule has 0 fully saturated rings. The Bertz CT molecular complexity index is 1490. The molecule has 4 aromatic carbocycles. The van der Waals surface area contributed by atoms with Crippen molar-refractivity contribution in [1.82, 2.24) is 9.78 Å². The third-order valence-electron chi connectivity index (χ3n) is 5.33. The van der Waals surface area contributed by atoms with Gasteiger partial charge in [0.25, 0.3) is 5.56 Å². The lowest BCUT2D eigenvalue weighted by atomic mass is 10.1. The van der Waals surface area contributed by atoms with E-state index < -0.39 is 0 Å². The molecule has 0 saturated heterocycles. The van der Waals surface area contributed by atoms with Gasteiger partial charge in [0.1, 0.15) is 0 Å². The zero-order valence-electron chi connectivity index (χ0n) is 17.3. The summed E-state index contributed by atoms with van der Waals surface area (Å²) in [5.41, 5.74) is 3.90. The Hall–Kier alpha value is -4.51. The van der Waals surface area contributed by atoms with Crippen molar-refractivity contribution < 1.29 is 0 Å². The number of aromatic nitrogens is 2. The Balaban J connectivity index is 1.68. The number of hydrogen-bond donors (Lipinski definition) is 1. The van der Waals surface area contributed by atoms with Crippen LogP contribution in [0.15, 0.2) is 119 Å². The molecule has 32 heavy (non-hydrogen) atoms. The molecule has 0 saturated carbocycles. The first-order chi connectivity index (χ1) is 15.7. The first-order valence-electron chi connectivity index (χ1n) is 10.3. The van der Waals surface area contributed by atoms with Crippen molar-refractivity contribution in [3.63, 3.8) is 0 Å². The van der Waals surface area contributed by atoms with E-state index in [1.807, 2.05) is 97.1 Å². The monoisotopic (exact) mass is 416 g/mol. The minimum Gasteiger partial charge on any atom is -0.288 e. The molecule has 1 aromatic heterocycles. The Kier molecular flexibility index (Phi) is 5.06. The van der Waals surface area contributed by atoms with E-state index in [-0.39, 0.29) is 11.2 Å². The number of benzene rings is 4. The largest absolute Gasteiger partial charge is 0.299 e. The molecule has 0 amide bonds. The number of azo groups is 1. The van der Waals surface area contributed by atoms with Crippen molar-refractivity contribution in [1.29, 1.82) is 0 Å². The highest BCUT2D eigenvalue weighted by molar-refractivity contribution is 5.90. The number of hydrogen-bond acceptors (Lipinski definition) is 3. The maximum Gasteiger partial charge on any atom is 0.299 e. The summed E-state index contributed by atoms with van der Waals surface area (Å²) in [6.07, 6.45) is 1.77. The summed E-state index contributed by atoms with van der Waals surface area (Å²) in [4.78, 5) is 13.5. The van der Waals surface area contributed by atoms with Crippen LogP contribution < -0.4 is 5.56 Å². The van der Waals surface area contributed by atoms with Crippen LogP contribution in [0.4, 0.5) is 11.4 Å². The van der Waals surface area contributed by atoms with E-state index in [2.05, 4.69) is 21.9 Å². The molecule has 0 aliphatic heterocycles. The summed E-state index contributed by atoms with van der Waals surface area (Å²) in [6.45, 7) is 3.76. The average molecular weight is 416 g/mol. The van der Waals surface area contributed by atoms with Gasteiger partial charge in [-0.3, -0.25) is 9.89 Å². The molecule has 0 spiro atoms. The lowest BCUT2D eigenvalue weighted by Crippen LogP contribution is -2.14. The van der Waals surface area contributed by atoms with Crippen LogP contribution in [-0.4, -0.2) is 9.78 Å². The van der Waals surface area contributed by atoms with Gasteiger partial charge in [0.15, 0.2) is 5.69 Å². The highest BCUT2D eigenvalue weighted by Crippen LogP contribution is 2.29. The second kappa shape index (κ2) is 8.32. The Morgan fingerprint density at radius 1 is 0.781 bits per heavy atom. The van der Waals surface area contributed by atoms with E-state index in [1.54, 1.807) is 10.8 Å². The van der Waals surface area contributed by atoms with Crippen LogP contribution in [0, 0.1) is 0 Å². The summed E-state index contributed by atoms with van der Waals surface area (Å²) < 4.78 is 1.54. The predicted molar refractivity (Wildman–Crippen MR) is 130 cm³/mol. The molecule has 154 valence electrons. The summed E-state index contributed by atoms with van der Waals surface area (Å²) >= 11 is 0. The third-order valence-corrected chi connectivity index (χ3v) is 5.33. The molecule has 5 heteroatoms. The highest BCUT2D eigenvalue weighted by Gasteiger charge is 2.18. The van der Waals surface area contributed by atoms with Crippen molar-refractivity contribution in [2.75, 3.05) is 0 Å². The van der Waals surface area contributed by atoms with E-state index in [4.69, 9.17) is 0 Å². The minimum atomic E-state index is -0.258. The number of H-pyrrole nitrogens is 1. The van der Waals surface area contributed by atoms with Crippen LogP contribution in [0.3, 0.4) is 0 Å². The summed E-state index contributed by atoms with van der Waals surface area (Å²) in [6, 6.07) is 31.0. The molecule has 5 aromatic rings. The van der Waals surface area contributed by atoms with Gasteiger partial charge in [-0.2, -0.15) is 5.11 Å². The van der Waals surface area contributed by atoms with Crippen LogP contribution in [0.25, 0.3) is 33.8 Å². The summed E-state index contributed by atoms with van der Waals surface area (Å²) in [7, 11) is 0. The van der Waals surface area contributed by atoms with E-state index >= 15 is 0 Å². The topological polar surface area (TPSA) is 62.5 Å². The molecule has 0 bridgehead atoms. The average Bonchev–Trinajstić information content (AvgIpc) is 3.19. The maximum absolute atomic E-state index is 13.5. The second-order valence-electron chi connectivity index (χ2n) is 7.34. The zero-order valence-corrected chi connectivity index (χ0v) is 17.3. The summed E-state index contributed by atoms with van der Waals surface area (Å²) in [5, 5.41) is 14.0. The first-order valence-corrected chi connectivity index (χ1v) is 10.3. The number of fused-ring (bicyclic) bond motifs is 1. The fourth-order valence-electron chi connectivity index (χ4n) is 3.68. The molecule has 0 aliphatic carbocycles. The van der Waals surface area contributed by atoms with Crippen molar-refractivity contribution in [2.45, 2.75) is 0 Å². The fraction of sp³-hybridized carbons (Fsp3) is 0. The molecule has 5 rings (SSSR count). The molecule has 0 atom stereocenters. The van der Waals surface area contributed by atoms with E-state index in [1.165, 1.54) is 0 Å². The number of nitrogens with zero attached hydrogens (tertiary/aromatic N) is 3. The predicted octanol–water partition coefficient (Wildman–Crippen LogP) is 7.04. The normalized spacial score (nSPS) is 11.2. The Labute approximate surface area is 185 Å². The lowest BCUT2D eigenvalue weighted by molar-refractivity contribution is 0.859. The number of aromatic amines is 1. The Morgan fingerprint density at radius 2 is 1.50 bits per heavy atom. The molecule has 5 nitrogen and oxygen atoms in total. The summed E-state index contributed by atoms with van der Waals surface area (Å²) in [5.74, 6) is 0. The van der Waals surface area contributed by atoms with E-state index in [9.17, 15) is 4.79 Å². The molecule has 0 unspecified atom stereocenters. The van der Waals surface area contributed by atoms with Gasteiger partial charge in [-0.25, -0.2) is 4.68 Å². The van der Waals surface area contributed by atoms with Gasteiger partial charge in [0.2, 0.25) is 0 Å². The van der Waals surface area contributed by atoms with Crippen LogP contribution in [0.1, 0.15) is 5.56 Å². The molecular formula is C27H20N4O. The molecular weight excluding hydrogens is 396 g/mol. The van der Waals surface area contributed by atoms with Gasteiger partial charge in [-0.05, 0) is 29.1 Å². The van der Waals surface area contributed by atoms with Gasteiger partial charge < -0.3 is 0 Å². The third kappa shape index (κ3) is 3.56. The lowest BCUT2D eigenvalue weighted by Gasteiger charge is -2.06. The van der Waals surface area contributed by atoms with Crippen molar-refractivity contribution in [2.24, 2.45) is 10.2 Å². The van der Waals surface area contributed by atoms with Gasteiger partial charge in [0, 0.05) is 10.9 Å². The van der Waals surface area contributed by atoms with Crippen LogP contribution in [-0.2, 0) is 0 Å². The van der Waals surface area contributed by atoms with Crippen LogP contribution in [0.5, 0.6) is 0 Å². The van der Waals surface area contributed by atoms with Crippen molar-refractivity contribution >= 4 is 28.2 Å². The van der Waals surface area contributed by atoms with E-state index in [0.717, 1.165) is 27.6 Å². The molecule has 0 aliphatic rings. The maximum atomic E-state index is 13.5. The number of rotatable bonds is 5. The molecule has 0 radical (unpaired) electrons. The second-order valence-corrected chi connectivity index (χ2v) is 7.34. The SMILES string of the molecule is C=Cc1ccc(N=Nc2c(-c3ccccc3)[nH]n(-c3cccc4ccccc34)c2=O)cc1. The van der Waals surface area contributed by atoms with Crippen LogP contribution >= 0.6 is 0 Å². The van der Waals surface area contributed by atoms with Gasteiger partial charge in [-0.15, -0.1) is 5.11 Å². The van der Waals surface area contributed by atoms with Gasteiger partial charge in [-0.1, -0.05) is 91.5 Å². The molecule has 1 N–H and O–H groups in total. The van der Waals surface area contributed by atoms with Gasteiger partial charge in [0.05, 0.1) is 17.1 Å². The minimum absolute atomic E-state index is 0.258. The van der Waals surface area contributed by atoms with Crippen LogP contribution in [0.2, 0.25) is 0 Å². The van der Waals surface area contributed by atoms with Gasteiger partial charge >= 0.3 is 0 Å². The van der Waals surface area contributed by atoms with Crippen molar-refractivity contribution in [3.05, 3.63) is 120 Å². The van der Waals surface area contributed by atoms with E-state index in [0.29, 0.717) is 11.4 Å². The highest BCUT2D eigenvalue weighted by atomic mass is 16.1. The standard InChI is InChI=1S/C27H20N4O/c1-2-19-15-17-22(18-16-19)28-29-26-25(21-10-4-3-5-11-21)30-31(27(26)32)24-14-8-12-20-9-6-7-13-23(20)24/h2-18,30H,1H2. The first kappa shape index (κ1) is 19.5. The Morgan fingerprint density at radius 3 is 2.28 bits per heavy atom.